The third-order valence-corrected chi connectivity index (χ3v) is 5.29. The molecule has 0 amide bonds. The second kappa shape index (κ2) is 2.62. The van der Waals surface area contributed by atoms with E-state index in [1.807, 2.05) is 0 Å². The summed E-state index contributed by atoms with van der Waals surface area (Å²) in [5.41, 5.74) is 0.00836. The van der Waals surface area contributed by atoms with Gasteiger partial charge in [-0.25, -0.2) is 0 Å². The standard InChI is InChI=1S/C13H20O/c1-13(2)11(14)7-9-6-8-4-3-5-10(8)12(9)13/h8-10,12H,3-7H2,1-2H3/t8-,9+,10-,12-/m0/s1. The largest absolute Gasteiger partial charge is 0.299 e. The highest BCUT2D eigenvalue weighted by molar-refractivity contribution is 5.87. The quantitative estimate of drug-likeness (QED) is 0.576. The van der Waals surface area contributed by atoms with E-state index >= 15 is 0 Å². The number of hydrogen-bond donors (Lipinski definition) is 0. The Morgan fingerprint density at radius 2 is 2.00 bits per heavy atom. The fourth-order valence-electron chi connectivity index (χ4n) is 4.74. The van der Waals surface area contributed by atoms with Crippen LogP contribution < -0.4 is 0 Å². The van der Waals surface area contributed by atoms with E-state index in [1.54, 1.807) is 0 Å². The average molecular weight is 192 g/mol. The molecule has 0 spiro atoms. The lowest BCUT2D eigenvalue weighted by atomic mass is 9.73. The van der Waals surface area contributed by atoms with Crippen molar-refractivity contribution in [3.05, 3.63) is 0 Å². The summed E-state index contributed by atoms with van der Waals surface area (Å²) in [5.74, 6) is 3.92. The molecular weight excluding hydrogens is 172 g/mol. The van der Waals surface area contributed by atoms with E-state index in [9.17, 15) is 4.79 Å². The van der Waals surface area contributed by atoms with Crippen LogP contribution in [0.1, 0.15) is 46.0 Å². The minimum Gasteiger partial charge on any atom is -0.299 e. The second-order valence-corrected chi connectivity index (χ2v) is 6.23. The molecule has 1 heteroatoms. The van der Waals surface area contributed by atoms with Gasteiger partial charge < -0.3 is 0 Å². The summed E-state index contributed by atoms with van der Waals surface area (Å²) < 4.78 is 0. The van der Waals surface area contributed by atoms with E-state index in [0.29, 0.717) is 5.78 Å². The van der Waals surface area contributed by atoms with Crippen molar-refractivity contribution in [1.29, 1.82) is 0 Å². The Balaban J connectivity index is 1.95. The molecule has 3 aliphatic rings. The summed E-state index contributed by atoms with van der Waals surface area (Å²) in [6, 6.07) is 0. The third-order valence-electron chi connectivity index (χ3n) is 5.29. The Morgan fingerprint density at radius 3 is 2.79 bits per heavy atom. The van der Waals surface area contributed by atoms with Crippen LogP contribution in [0.2, 0.25) is 0 Å². The van der Waals surface area contributed by atoms with E-state index < -0.39 is 0 Å². The molecule has 3 fully saturated rings. The zero-order valence-corrected chi connectivity index (χ0v) is 9.25. The van der Waals surface area contributed by atoms with Crippen molar-refractivity contribution in [3.63, 3.8) is 0 Å². The first-order valence-electron chi connectivity index (χ1n) is 6.14. The molecule has 0 unspecified atom stereocenters. The first-order valence-corrected chi connectivity index (χ1v) is 6.14. The minimum absolute atomic E-state index is 0.00836. The van der Waals surface area contributed by atoms with E-state index in [4.69, 9.17) is 0 Å². The van der Waals surface area contributed by atoms with Gasteiger partial charge >= 0.3 is 0 Å². The fourth-order valence-corrected chi connectivity index (χ4v) is 4.74. The second-order valence-electron chi connectivity index (χ2n) is 6.23. The van der Waals surface area contributed by atoms with Crippen LogP contribution in [0.5, 0.6) is 0 Å². The van der Waals surface area contributed by atoms with Crippen LogP contribution in [0.25, 0.3) is 0 Å². The molecule has 0 aliphatic heterocycles. The van der Waals surface area contributed by atoms with Crippen LogP contribution in [0.3, 0.4) is 0 Å². The van der Waals surface area contributed by atoms with Crippen LogP contribution in [0, 0.1) is 29.1 Å². The number of carbonyl (C=O) groups is 1. The third kappa shape index (κ3) is 0.936. The van der Waals surface area contributed by atoms with Gasteiger partial charge in [0.25, 0.3) is 0 Å². The van der Waals surface area contributed by atoms with Gasteiger partial charge in [0, 0.05) is 11.8 Å². The Kier molecular flexibility index (Phi) is 1.67. The van der Waals surface area contributed by atoms with Crippen molar-refractivity contribution < 1.29 is 4.79 Å². The predicted octanol–water partition coefficient (Wildman–Crippen LogP) is 3.04. The molecular formula is C13H20O. The molecule has 1 nitrogen and oxygen atoms in total. The Hall–Kier alpha value is -0.330. The van der Waals surface area contributed by atoms with Crippen molar-refractivity contribution in [2.24, 2.45) is 29.1 Å². The van der Waals surface area contributed by atoms with Crippen LogP contribution in [-0.4, -0.2) is 5.78 Å². The zero-order valence-electron chi connectivity index (χ0n) is 9.25. The highest BCUT2D eigenvalue weighted by Gasteiger charge is 2.58. The maximum atomic E-state index is 11.9. The topological polar surface area (TPSA) is 17.1 Å². The molecule has 0 aromatic rings. The Labute approximate surface area is 86.3 Å². The molecule has 0 radical (unpaired) electrons. The molecule has 14 heavy (non-hydrogen) atoms. The number of fused-ring (bicyclic) bond motifs is 3. The molecule has 0 bridgehead atoms. The fraction of sp³-hybridized carbons (Fsp3) is 0.923. The maximum absolute atomic E-state index is 11.9. The van der Waals surface area contributed by atoms with E-state index in [-0.39, 0.29) is 5.41 Å². The van der Waals surface area contributed by atoms with Crippen molar-refractivity contribution in [3.8, 4) is 0 Å². The van der Waals surface area contributed by atoms with Gasteiger partial charge in [-0.3, -0.25) is 4.79 Å². The van der Waals surface area contributed by atoms with Gasteiger partial charge in [0.1, 0.15) is 5.78 Å². The van der Waals surface area contributed by atoms with Crippen LogP contribution in [-0.2, 0) is 4.79 Å². The molecule has 0 aromatic heterocycles. The number of carbonyl (C=O) groups excluding carboxylic acids is 1. The predicted molar refractivity (Wildman–Crippen MR) is 55.8 cm³/mol. The van der Waals surface area contributed by atoms with Gasteiger partial charge in [-0.05, 0) is 36.5 Å². The first kappa shape index (κ1) is 8.94. The molecule has 0 N–H and O–H groups in total. The number of rotatable bonds is 0. The van der Waals surface area contributed by atoms with Crippen LogP contribution in [0.15, 0.2) is 0 Å². The molecule has 78 valence electrons. The normalized spacial score (nSPS) is 49.4. The SMILES string of the molecule is CC1(C)C(=O)C[C@H]2C[C@@H]3CCC[C@@H]3[C@H]21. The molecule has 3 rings (SSSR count). The van der Waals surface area contributed by atoms with Crippen molar-refractivity contribution >= 4 is 5.78 Å². The lowest BCUT2D eigenvalue weighted by Crippen LogP contribution is -2.30. The summed E-state index contributed by atoms with van der Waals surface area (Å²) in [4.78, 5) is 11.9. The van der Waals surface area contributed by atoms with Crippen LogP contribution >= 0.6 is 0 Å². The zero-order chi connectivity index (χ0) is 9.92. The van der Waals surface area contributed by atoms with Gasteiger partial charge in [0.15, 0.2) is 0 Å². The van der Waals surface area contributed by atoms with E-state index in [1.165, 1.54) is 25.7 Å². The Morgan fingerprint density at radius 1 is 1.21 bits per heavy atom. The maximum Gasteiger partial charge on any atom is 0.139 e. The lowest BCUT2D eigenvalue weighted by Gasteiger charge is -2.30. The number of ketones is 1. The molecule has 0 aromatic carbocycles. The van der Waals surface area contributed by atoms with E-state index in [2.05, 4.69) is 13.8 Å². The average Bonchev–Trinajstić information content (AvgIpc) is 2.65. The van der Waals surface area contributed by atoms with Gasteiger partial charge in [-0.15, -0.1) is 0 Å². The highest BCUT2D eigenvalue weighted by Crippen LogP contribution is 2.61. The van der Waals surface area contributed by atoms with Crippen molar-refractivity contribution in [1.82, 2.24) is 0 Å². The highest BCUT2D eigenvalue weighted by atomic mass is 16.1. The van der Waals surface area contributed by atoms with Gasteiger partial charge in [0.2, 0.25) is 0 Å². The molecule has 3 aliphatic carbocycles. The first-order chi connectivity index (χ1) is 6.60. The minimum atomic E-state index is 0.00836. The summed E-state index contributed by atoms with van der Waals surface area (Å²) >= 11 is 0. The number of hydrogen-bond acceptors (Lipinski definition) is 1. The van der Waals surface area contributed by atoms with Crippen molar-refractivity contribution in [2.45, 2.75) is 46.0 Å². The summed E-state index contributed by atoms with van der Waals surface area (Å²) in [6.45, 7) is 4.39. The van der Waals surface area contributed by atoms with Gasteiger partial charge in [-0.2, -0.15) is 0 Å². The van der Waals surface area contributed by atoms with Crippen molar-refractivity contribution in [2.75, 3.05) is 0 Å². The van der Waals surface area contributed by atoms with Gasteiger partial charge in [-0.1, -0.05) is 26.7 Å². The number of Topliss-reactive ketones (excluding diaryl/α,β-unsaturated/α-hetero) is 1. The summed E-state index contributed by atoms with van der Waals surface area (Å²) in [6.07, 6.45) is 6.53. The van der Waals surface area contributed by atoms with Crippen LogP contribution in [0.4, 0.5) is 0 Å². The summed E-state index contributed by atoms with van der Waals surface area (Å²) in [7, 11) is 0. The van der Waals surface area contributed by atoms with Gasteiger partial charge in [0.05, 0.1) is 0 Å². The Bertz CT molecular complexity index is 279. The monoisotopic (exact) mass is 192 g/mol. The molecule has 0 heterocycles. The molecule has 0 saturated heterocycles. The smallest absolute Gasteiger partial charge is 0.139 e. The summed E-state index contributed by atoms with van der Waals surface area (Å²) in [5, 5.41) is 0. The molecule has 4 atom stereocenters. The van der Waals surface area contributed by atoms with E-state index in [0.717, 1.165) is 30.1 Å². The lowest BCUT2D eigenvalue weighted by molar-refractivity contribution is -0.126. The molecule has 3 saturated carbocycles.